The Morgan fingerprint density at radius 2 is 2.00 bits per heavy atom. The quantitative estimate of drug-likeness (QED) is 0.848. The highest BCUT2D eigenvalue weighted by Gasteiger charge is 2.48. The van der Waals surface area contributed by atoms with Crippen LogP contribution in [0.25, 0.3) is 0 Å². The molecule has 0 radical (unpaired) electrons. The summed E-state index contributed by atoms with van der Waals surface area (Å²) in [7, 11) is 1.54. The fourth-order valence-electron chi connectivity index (χ4n) is 5.11. The molecule has 4 rings (SSSR count). The highest BCUT2D eigenvalue weighted by atomic mass is 19.3. The van der Waals surface area contributed by atoms with E-state index in [9.17, 15) is 13.6 Å². The van der Waals surface area contributed by atoms with E-state index < -0.39 is 18.0 Å². The van der Waals surface area contributed by atoms with Crippen LogP contribution in [0.5, 0.6) is 0 Å². The number of fused-ring (bicyclic) bond motifs is 5. The minimum atomic E-state index is -2.78. The van der Waals surface area contributed by atoms with Gasteiger partial charge < -0.3 is 5.32 Å². The molecule has 3 unspecified atom stereocenters. The second kappa shape index (κ2) is 6.18. The Bertz CT molecular complexity index is 859. The summed E-state index contributed by atoms with van der Waals surface area (Å²) in [5, 5.41) is 6.61. The van der Waals surface area contributed by atoms with Crippen LogP contribution < -0.4 is 5.32 Å². The number of amides is 1. The van der Waals surface area contributed by atoms with Crippen LogP contribution in [0.4, 0.5) is 14.5 Å². The summed E-state index contributed by atoms with van der Waals surface area (Å²) in [5.41, 5.74) is 2.74. The van der Waals surface area contributed by atoms with Gasteiger partial charge in [-0.2, -0.15) is 5.10 Å². The first-order valence-corrected chi connectivity index (χ1v) is 9.14. The molecule has 2 aliphatic carbocycles. The van der Waals surface area contributed by atoms with Gasteiger partial charge >= 0.3 is 0 Å². The molecule has 1 N–H and O–H groups in total. The van der Waals surface area contributed by atoms with Crippen molar-refractivity contribution in [3.63, 3.8) is 0 Å². The Morgan fingerprint density at radius 3 is 2.69 bits per heavy atom. The van der Waals surface area contributed by atoms with Gasteiger partial charge in [0.1, 0.15) is 5.69 Å². The number of aryl methyl sites for hydroxylation is 1. The van der Waals surface area contributed by atoms with E-state index in [0.717, 1.165) is 12.1 Å². The smallest absolute Gasteiger partial charge is 0.282 e. The van der Waals surface area contributed by atoms with E-state index in [1.165, 1.54) is 35.5 Å². The molecule has 1 aromatic carbocycles. The lowest BCUT2D eigenvalue weighted by Gasteiger charge is -2.21. The van der Waals surface area contributed by atoms with Crippen molar-refractivity contribution in [2.75, 3.05) is 5.32 Å². The van der Waals surface area contributed by atoms with E-state index >= 15 is 0 Å². The van der Waals surface area contributed by atoms with Gasteiger partial charge in [-0.05, 0) is 53.7 Å². The third kappa shape index (κ3) is 2.54. The van der Waals surface area contributed by atoms with Crippen LogP contribution in [0.3, 0.4) is 0 Å². The second-order valence-electron chi connectivity index (χ2n) is 7.78. The minimum Gasteiger partial charge on any atom is -0.322 e. The van der Waals surface area contributed by atoms with Crippen molar-refractivity contribution >= 4 is 11.6 Å². The summed E-state index contributed by atoms with van der Waals surface area (Å²) < 4.78 is 27.6. The molecule has 0 saturated heterocycles. The Kier molecular flexibility index (Phi) is 4.09. The Labute approximate surface area is 151 Å². The van der Waals surface area contributed by atoms with Crippen molar-refractivity contribution in [1.29, 1.82) is 0 Å². The molecule has 0 spiro atoms. The van der Waals surface area contributed by atoms with Gasteiger partial charge in [0.05, 0.1) is 5.56 Å². The Balaban J connectivity index is 1.67. The first-order chi connectivity index (χ1) is 12.4. The molecule has 4 nitrogen and oxygen atoms in total. The van der Waals surface area contributed by atoms with Gasteiger partial charge in [0, 0.05) is 18.9 Å². The molecule has 1 amide bonds. The molecule has 6 heteroatoms. The Hall–Kier alpha value is -2.24. The topological polar surface area (TPSA) is 46.9 Å². The van der Waals surface area contributed by atoms with Gasteiger partial charge in [0.15, 0.2) is 0 Å². The van der Waals surface area contributed by atoms with E-state index in [1.807, 2.05) is 12.1 Å². The predicted octanol–water partition coefficient (Wildman–Crippen LogP) is 4.86. The second-order valence-corrected chi connectivity index (χ2v) is 7.78. The lowest BCUT2D eigenvalue weighted by atomic mass is 9.85. The van der Waals surface area contributed by atoms with Gasteiger partial charge in [-0.25, -0.2) is 8.78 Å². The number of benzene rings is 1. The fourth-order valence-corrected chi connectivity index (χ4v) is 5.11. The molecule has 2 bridgehead atoms. The number of rotatable bonds is 4. The molecule has 1 saturated carbocycles. The highest BCUT2D eigenvalue weighted by molar-refractivity contribution is 6.05. The first kappa shape index (κ1) is 17.2. The number of anilines is 1. The van der Waals surface area contributed by atoms with Crippen LogP contribution >= 0.6 is 0 Å². The van der Waals surface area contributed by atoms with Crippen molar-refractivity contribution in [3.8, 4) is 0 Å². The maximum Gasteiger partial charge on any atom is 0.282 e. The molecule has 1 aromatic heterocycles. The molecule has 1 fully saturated rings. The van der Waals surface area contributed by atoms with E-state index in [0.29, 0.717) is 23.7 Å². The lowest BCUT2D eigenvalue weighted by Crippen LogP contribution is -2.16. The number of hydrogen-bond acceptors (Lipinski definition) is 2. The van der Waals surface area contributed by atoms with Crippen LogP contribution in [0.1, 0.15) is 72.1 Å². The third-order valence-corrected chi connectivity index (χ3v) is 5.95. The number of aromatic nitrogens is 2. The van der Waals surface area contributed by atoms with Gasteiger partial charge in [0.25, 0.3) is 12.3 Å². The van der Waals surface area contributed by atoms with Crippen molar-refractivity contribution < 1.29 is 13.6 Å². The molecule has 0 aliphatic heterocycles. The van der Waals surface area contributed by atoms with Crippen molar-refractivity contribution in [1.82, 2.24) is 9.78 Å². The summed E-state index contributed by atoms with van der Waals surface area (Å²) in [6.07, 6.45) is 0.890. The zero-order chi connectivity index (χ0) is 18.6. The van der Waals surface area contributed by atoms with E-state index in [4.69, 9.17) is 0 Å². The number of hydrogen-bond donors (Lipinski definition) is 1. The number of alkyl halides is 2. The molecule has 1 heterocycles. The highest BCUT2D eigenvalue weighted by Crippen LogP contribution is 2.61. The van der Waals surface area contributed by atoms with E-state index in [2.05, 4.69) is 30.3 Å². The lowest BCUT2D eigenvalue weighted by molar-refractivity contribution is 0.101. The molecular formula is C20H23F2N3O. The third-order valence-electron chi connectivity index (χ3n) is 5.95. The maximum atomic E-state index is 13.2. The summed E-state index contributed by atoms with van der Waals surface area (Å²) in [6, 6.07) is 5.98. The predicted molar refractivity (Wildman–Crippen MR) is 95.6 cm³/mol. The SMILES string of the molecule is CC(C)C1C2CCC1c1c(NC(=O)c3cn(C)nc3C(F)F)cccc12. The summed E-state index contributed by atoms with van der Waals surface area (Å²) in [4.78, 5) is 12.7. The summed E-state index contributed by atoms with van der Waals surface area (Å²) in [5.74, 6) is 1.63. The van der Waals surface area contributed by atoms with Gasteiger partial charge in [-0.1, -0.05) is 26.0 Å². The monoisotopic (exact) mass is 359 g/mol. The van der Waals surface area contributed by atoms with Crippen LogP contribution in [-0.2, 0) is 7.05 Å². The Morgan fingerprint density at radius 1 is 1.27 bits per heavy atom. The maximum absolute atomic E-state index is 13.2. The molecule has 138 valence electrons. The molecule has 2 aromatic rings. The van der Waals surface area contributed by atoms with Crippen LogP contribution in [0, 0.1) is 11.8 Å². The van der Waals surface area contributed by atoms with E-state index in [1.54, 1.807) is 0 Å². The largest absolute Gasteiger partial charge is 0.322 e. The first-order valence-electron chi connectivity index (χ1n) is 9.14. The number of carbonyl (C=O) groups is 1. The molecule has 26 heavy (non-hydrogen) atoms. The number of carbonyl (C=O) groups excluding carboxylic acids is 1. The molecule has 2 aliphatic rings. The molecule has 3 atom stereocenters. The average Bonchev–Trinajstić information content (AvgIpc) is 3.26. The zero-order valence-corrected chi connectivity index (χ0v) is 15.2. The fraction of sp³-hybridized carbons (Fsp3) is 0.500. The summed E-state index contributed by atoms with van der Waals surface area (Å²) >= 11 is 0. The van der Waals surface area contributed by atoms with Crippen LogP contribution in [0.2, 0.25) is 0 Å². The molecular weight excluding hydrogens is 336 g/mol. The standard InChI is InChI=1S/C20H23F2N3O/c1-10(2)16-12-7-8-13(16)17-11(12)5-4-6-15(17)23-20(26)14-9-25(3)24-18(14)19(21)22/h4-6,9-10,12-13,16,19H,7-8H2,1-3H3,(H,23,26). The van der Waals surface area contributed by atoms with Crippen molar-refractivity contribution in [2.24, 2.45) is 18.9 Å². The van der Waals surface area contributed by atoms with Gasteiger partial charge in [-0.3, -0.25) is 9.48 Å². The van der Waals surface area contributed by atoms with Crippen LogP contribution in [-0.4, -0.2) is 15.7 Å². The number of nitrogens with zero attached hydrogens (tertiary/aromatic N) is 2. The van der Waals surface area contributed by atoms with Crippen LogP contribution in [0.15, 0.2) is 24.4 Å². The summed E-state index contributed by atoms with van der Waals surface area (Å²) in [6.45, 7) is 4.51. The zero-order valence-electron chi connectivity index (χ0n) is 15.2. The van der Waals surface area contributed by atoms with E-state index in [-0.39, 0.29) is 5.56 Å². The average molecular weight is 359 g/mol. The minimum absolute atomic E-state index is 0.0660. The van der Waals surface area contributed by atoms with Crippen molar-refractivity contribution in [2.45, 2.75) is 45.0 Å². The normalized spacial score (nSPS) is 23.7. The van der Waals surface area contributed by atoms with Gasteiger partial charge in [-0.15, -0.1) is 0 Å². The van der Waals surface area contributed by atoms with Crippen molar-refractivity contribution in [3.05, 3.63) is 46.8 Å². The number of nitrogens with one attached hydrogen (secondary N) is 1. The number of halogens is 2. The van der Waals surface area contributed by atoms with Gasteiger partial charge in [0.2, 0.25) is 0 Å².